The molecule has 0 saturated carbocycles. The lowest BCUT2D eigenvalue weighted by molar-refractivity contribution is -0.131. The Balaban J connectivity index is 1.58. The van der Waals surface area contributed by atoms with E-state index in [1.165, 1.54) is 0 Å². The zero-order valence-electron chi connectivity index (χ0n) is 17.1. The van der Waals surface area contributed by atoms with Crippen LogP contribution in [0, 0.1) is 0 Å². The lowest BCUT2D eigenvalue weighted by Gasteiger charge is -2.26. The Hall–Kier alpha value is -2.25. The number of hydrogen-bond donors (Lipinski definition) is 0. The summed E-state index contributed by atoms with van der Waals surface area (Å²) in [4.78, 5) is 18.7. The van der Waals surface area contributed by atoms with Gasteiger partial charge in [0.05, 0.1) is 10.9 Å². The predicted molar refractivity (Wildman–Crippen MR) is 113 cm³/mol. The molecule has 1 atom stereocenters. The fourth-order valence-electron chi connectivity index (χ4n) is 3.59. The largest absolute Gasteiger partial charge is 0.339 e. The molecule has 1 aliphatic heterocycles. The van der Waals surface area contributed by atoms with Gasteiger partial charge in [-0.15, -0.1) is 0 Å². The number of carbonyl (C=O) groups is 1. The molecule has 2 aromatic rings. The van der Waals surface area contributed by atoms with Crippen molar-refractivity contribution in [3.63, 3.8) is 0 Å². The summed E-state index contributed by atoms with van der Waals surface area (Å²) in [5.41, 5.74) is 2.00. The minimum absolute atomic E-state index is 0.0254. The smallest absolute Gasteiger partial charge is 0.243 e. The van der Waals surface area contributed by atoms with Gasteiger partial charge >= 0.3 is 0 Å². The number of piperidine rings is 1. The van der Waals surface area contributed by atoms with Crippen molar-refractivity contribution in [2.24, 2.45) is 0 Å². The molecule has 0 aliphatic carbocycles. The lowest BCUT2D eigenvalue weighted by Crippen LogP contribution is -2.35. The van der Waals surface area contributed by atoms with Gasteiger partial charge in [0.2, 0.25) is 15.9 Å². The van der Waals surface area contributed by atoms with Crippen LogP contribution in [0.5, 0.6) is 0 Å². The van der Waals surface area contributed by atoms with Crippen LogP contribution in [0.3, 0.4) is 0 Å². The molecule has 1 aliphatic rings. The van der Waals surface area contributed by atoms with Gasteiger partial charge in [0, 0.05) is 39.0 Å². The van der Waals surface area contributed by atoms with Crippen LogP contribution >= 0.6 is 0 Å². The van der Waals surface area contributed by atoms with Crippen molar-refractivity contribution in [2.75, 3.05) is 20.1 Å². The van der Waals surface area contributed by atoms with Gasteiger partial charge in [-0.25, -0.2) is 8.42 Å². The first kappa shape index (κ1) is 21.5. The summed E-state index contributed by atoms with van der Waals surface area (Å²) in [6.45, 7) is 3.19. The number of nitrogens with zero attached hydrogens (tertiary/aromatic N) is 3. The Morgan fingerprint density at radius 3 is 2.31 bits per heavy atom. The standard InChI is InChI=1S/C22H29N3O3S/c1-18(20-12-14-23-15-13-20)24(2)22(26)11-8-19-6-9-21(10-7-19)29(27,28)25-16-4-3-5-17-25/h6-7,9-10,12-15,18H,3-5,8,11,16-17H2,1-2H3. The van der Waals surface area contributed by atoms with E-state index in [0.717, 1.165) is 30.4 Å². The van der Waals surface area contributed by atoms with E-state index in [1.807, 2.05) is 38.2 Å². The molecule has 0 bridgehead atoms. The van der Waals surface area contributed by atoms with Crippen LogP contribution in [0.1, 0.15) is 49.8 Å². The second kappa shape index (κ2) is 9.50. The zero-order valence-corrected chi connectivity index (χ0v) is 17.9. The van der Waals surface area contributed by atoms with Crippen molar-refractivity contribution in [3.05, 3.63) is 59.9 Å². The molecule has 1 unspecified atom stereocenters. The first-order valence-corrected chi connectivity index (χ1v) is 11.6. The summed E-state index contributed by atoms with van der Waals surface area (Å²) in [5, 5.41) is 0. The van der Waals surface area contributed by atoms with E-state index < -0.39 is 10.0 Å². The monoisotopic (exact) mass is 415 g/mol. The van der Waals surface area contributed by atoms with Gasteiger partial charge in [-0.1, -0.05) is 18.6 Å². The highest BCUT2D eigenvalue weighted by Gasteiger charge is 2.25. The van der Waals surface area contributed by atoms with Crippen LogP contribution in [0.2, 0.25) is 0 Å². The maximum Gasteiger partial charge on any atom is 0.243 e. The van der Waals surface area contributed by atoms with Crippen molar-refractivity contribution in [2.45, 2.75) is 50.0 Å². The Morgan fingerprint density at radius 1 is 1.07 bits per heavy atom. The highest BCUT2D eigenvalue weighted by Crippen LogP contribution is 2.22. The Kier molecular flexibility index (Phi) is 7.03. The van der Waals surface area contributed by atoms with Crippen molar-refractivity contribution >= 4 is 15.9 Å². The van der Waals surface area contributed by atoms with Crippen LogP contribution in [0.15, 0.2) is 53.7 Å². The number of carbonyl (C=O) groups excluding carboxylic acids is 1. The van der Waals surface area contributed by atoms with E-state index in [-0.39, 0.29) is 11.9 Å². The second-order valence-electron chi connectivity index (χ2n) is 7.57. The molecule has 29 heavy (non-hydrogen) atoms. The van der Waals surface area contributed by atoms with E-state index in [2.05, 4.69) is 4.98 Å². The predicted octanol–water partition coefficient (Wildman–Crippen LogP) is 3.41. The van der Waals surface area contributed by atoms with Crippen molar-refractivity contribution < 1.29 is 13.2 Å². The van der Waals surface area contributed by atoms with Crippen LogP contribution in [0.25, 0.3) is 0 Å². The summed E-state index contributed by atoms with van der Waals surface area (Å²) in [5.74, 6) is 0.0549. The third-order valence-corrected chi connectivity index (χ3v) is 7.58. The Labute approximate surface area is 173 Å². The fourth-order valence-corrected chi connectivity index (χ4v) is 5.11. The molecule has 0 N–H and O–H groups in total. The molecule has 1 saturated heterocycles. The summed E-state index contributed by atoms with van der Waals surface area (Å²) in [6.07, 6.45) is 7.34. The summed E-state index contributed by atoms with van der Waals surface area (Å²) < 4.78 is 27.0. The average Bonchev–Trinajstić information content (AvgIpc) is 2.78. The molecule has 1 aromatic carbocycles. The minimum atomic E-state index is -3.41. The highest BCUT2D eigenvalue weighted by molar-refractivity contribution is 7.89. The molecule has 1 amide bonds. The number of hydrogen-bond acceptors (Lipinski definition) is 4. The number of rotatable bonds is 7. The zero-order chi connectivity index (χ0) is 20.9. The minimum Gasteiger partial charge on any atom is -0.339 e. The molecule has 7 heteroatoms. The van der Waals surface area contributed by atoms with Gasteiger partial charge in [0.15, 0.2) is 0 Å². The number of sulfonamides is 1. The van der Waals surface area contributed by atoms with Gasteiger partial charge in [-0.05, 0) is 61.6 Å². The quantitative estimate of drug-likeness (QED) is 0.695. The molecular weight excluding hydrogens is 386 g/mol. The lowest BCUT2D eigenvalue weighted by atomic mass is 10.1. The number of aromatic nitrogens is 1. The van der Waals surface area contributed by atoms with Crippen molar-refractivity contribution in [1.82, 2.24) is 14.2 Å². The maximum atomic E-state index is 12.7. The maximum absolute atomic E-state index is 12.7. The third-order valence-electron chi connectivity index (χ3n) is 5.67. The van der Waals surface area contributed by atoms with Crippen molar-refractivity contribution in [3.8, 4) is 0 Å². The van der Waals surface area contributed by atoms with Crippen LogP contribution in [-0.4, -0.2) is 48.7 Å². The first-order valence-electron chi connectivity index (χ1n) is 10.1. The van der Waals surface area contributed by atoms with Gasteiger partial charge < -0.3 is 4.90 Å². The summed E-state index contributed by atoms with van der Waals surface area (Å²) >= 11 is 0. The fraction of sp³-hybridized carbons (Fsp3) is 0.455. The molecule has 156 valence electrons. The summed E-state index contributed by atoms with van der Waals surface area (Å²) in [6, 6.07) is 10.8. The Morgan fingerprint density at radius 2 is 1.69 bits per heavy atom. The Bertz CT molecular complexity index is 908. The molecule has 1 fully saturated rings. The number of benzene rings is 1. The van der Waals surface area contributed by atoms with E-state index in [1.54, 1.807) is 33.7 Å². The van der Waals surface area contributed by atoms with Gasteiger partial charge in [0.1, 0.15) is 0 Å². The number of aryl methyl sites for hydroxylation is 1. The third kappa shape index (κ3) is 5.22. The van der Waals surface area contributed by atoms with E-state index in [4.69, 9.17) is 0 Å². The molecule has 2 heterocycles. The highest BCUT2D eigenvalue weighted by atomic mass is 32.2. The molecule has 1 aromatic heterocycles. The van der Waals surface area contributed by atoms with Crippen LogP contribution in [-0.2, 0) is 21.2 Å². The van der Waals surface area contributed by atoms with Crippen LogP contribution < -0.4 is 0 Å². The SMILES string of the molecule is CC(c1ccncc1)N(C)C(=O)CCc1ccc(S(=O)(=O)N2CCCCC2)cc1. The number of pyridine rings is 1. The molecular formula is C22H29N3O3S. The van der Waals surface area contributed by atoms with E-state index in [9.17, 15) is 13.2 Å². The van der Waals surface area contributed by atoms with Crippen LogP contribution in [0.4, 0.5) is 0 Å². The van der Waals surface area contributed by atoms with Gasteiger partial charge in [-0.2, -0.15) is 4.31 Å². The van der Waals surface area contributed by atoms with Crippen molar-refractivity contribution in [1.29, 1.82) is 0 Å². The normalized spacial score (nSPS) is 16.3. The topological polar surface area (TPSA) is 70.6 Å². The molecule has 3 rings (SSSR count). The molecule has 0 spiro atoms. The van der Waals surface area contributed by atoms with Gasteiger partial charge in [0.25, 0.3) is 0 Å². The van der Waals surface area contributed by atoms with Gasteiger partial charge in [-0.3, -0.25) is 9.78 Å². The molecule has 0 radical (unpaired) electrons. The number of amides is 1. The van der Waals surface area contributed by atoms with E-state index >= 15 is 0 Å². The molecule has 6 nitrogen and oxygen atoms in total. The first-order chi connectivity index (χ1) is 13.9. The average molecular weight is 416 g/mol. The summed E-state index contributed by atoms with van der Waals surface area (Å²) in [7, 11) is -1.61. The van der Waals surface area contributed by atoms with E-state index in [0.29, 0.717) is 30.8 Å². The second-order valence-corrected chi connectivity index (χ2v) is 9.51.